The molecule has 0 aliphatic rings. The van der Waals surface area contributed by atoms with E-state index >= 15 is 0 Å². The van der Waals surface area contributed by atoms with Crippen molar-refractivity contribution in [2.75, 3.05) is 10.8 Å². The summed E-state index contributed by atoms with van der Waals surface area (Å²) in [7, 11) is -4.00. The Morgan fingerprint density at radius 1 is 1.00 bits per heavy atom. The second-order valence-corrected chi connectivity index (χ2v) is 9.62. The summed E-state index contributed by atoms with van der Waals surface area (Å²) in [5.41, 5.74) is 6.97. The zero-order valence-electron chi connectivity index (χ0n) is 18.0. The van der Waals surface area contributed by atoms with E-state index in [1.54, 1.807) is 42.6 Å². The summed E-state index contributed by atoms with van der Waals surface area (Å²) >= 11 is 6.07. The maximum absolute atomic E-state index is 13.3. The number of anilines is 1. The van der Waals surface area contributed by atoms with Crippen LogP contribution >= 0.6 is 11.6 Å². The summed E-state index contributed by atoms with van der Waals surface area (Å²) < 4.78 is 27.5. The molecule has 0 atom stereocenters. The molecular formula is C24H24ClN3O3S. The lowest BCUT2D eigenvalue weighted by Crippen LogP contribution is -2.39. The molecule has 166 valence electrons. The summed E-state index contributed by atoms with van der Waals surface area (Å²) in [5, 5.41) is 4.38. The van der Waals surface area contributed by atoms with Gasteiger partial charge in [0.05, 0.1) is 16.8 Å². The standard InChI is InChI=1S/C24H24ClN3O3S/c1-17-12-13-20(19(3)18(17)2)15-26-27-24(29)16-28(22-9-7-8-21(25)14-22)32(30,31)23-10-5-4-6-11-23/h4-15H,16H2,1-3H3,(H,27,29)/b26-15-. The summed E-state index contributed by atoms with van der Waals surface area (Å²) in [6.45, 7) is 5.58. The average molecular weight is 470 g/mol. The first-order chi connectivity index (χ1) is 15.2. The molecule has 0 saturated heterocycles. The highest BCUT2D eigenvalue weighted by Gasteiger charge is 2.27. The van der Waals surface area contributed by atoms with Crippen LogP contribution in [0.15, 0.2) is 76.7 Å². The molecule has 3 aromatic rings. The zero-order valence-corrected chi connectivity index (χ0v) is 19.6. The zero-order chi connectivity index (χ0) is 23.3. The van der Waals surface area contributed by atoms with E-state index in [0.717, 1.165) is 21.0 Å². The highest BCUT2D eigenvalue weighted by atomic mass is 35.5. The Bertz CT molecular complexity index is 1260. The summed E-state index contributed by atoms with van der Waals surface area (Å²) in [4.78, 5) is 12.7. The van der Waals surface area contributed by atoms with Gasteiger partial charge in [-0.25, -0.2) is 13.8 Å². The molecule has 6 nitrogen and oxygen atoms in total. The molecule has 32 heavy (non-hydrogen) atoms. The maximum Gasteiger partial charge on any atom is 0.264 e. The van der Waals surface area contributed by atoms with Gasteiger partial charge in [-0.05, 0) is 73.4 Å². The van der Waals surface area contributed by atoms with Crippen LogP contribution in [0.1, 0.15) is 22.3 Å². The molecule has 1 amide bonds. The molecule has 0 fully saturated rings. The van der Waals surface area contributed by atoms with E-state index in [0.29, 0.717) is 5.02 Å². The summed E-state index contributed by atoms with van der Waals surface area (Å²) in [6, 6.07) is 18.2. The van der Waals surface area contributed by atoms with Crippen molar-refractivity contribution in [1.82, 2.24) is 5.43 Å². The number of nitrogens with zero attached hydrogens (tertiary/aromatic N) is 2. The molecule has 0 unspecified atom stereocenters. The molecule has 3 aromatic carbocycles. The van der Waals surface area contributed by atoms with Crippen molar-refractivity contribution in [2.24, 2.45) is 5.10 Å². The first-order valence-corrected chi connectivity index (χ1v) is 11.7. The first-order valence-electron chi connectivity index (χ1n) is 9.92. The number of hydrogen-bond donors (Lipinski definition) is 1. The van der Waals surface area contributed by atoms with Gasteiger partial charge >= 0.3 is 0 Å². The van der Waals surface area contributed by atoms with Crippen molar-refractivity contribution >= 4 is 39.4 Å². The molecule has 3 rings (SSSR count). The Kier molecular flexibility index (Phi) is 7.33. The topological polar surface area (TPSA) is 78.8 Å². The number of benzene rings is 3. The smallest absolute Gasteiger partial charge is 0.264 e. The first kappa shape index (κ1) is 23.5. The molecular weight excluding hydrogens is 446 g/mol. The quantitative estimate of drug-likeness (QED) is 0.405. The maximum atomic E-state index is 13.3. The highest BCUT2D eigenvalue weighted by molar-refractivity contribution is 7.92. The van der Waals surface area contributed by atoms with Gasteiger partial charge < -0.3 is 0 Å². The third kappa shape index (κ3) is 5.36. The van der Waals surface area contributed by atoms with Crippen molar-refractivity contribution in [3.8, 4) is 0 Å². The van der Waals surface area contributed by atoms with E-state index in [1.807, 2.05) is 32.9 Å². The molecule has 0 spiro atoms. The van der Waals surface area contributed by atoms with Gasteiger partial charge in [0.1, 0.15) is 6.54 Å². The molecule has 0 heterocycles. The predicted molar refractivity (Wildman–Crippen MR) is 129 cm³/mol. The van der Waals surface area contributed by atoms with Crippen molar-refractivity contribution in [3.05, 3.63) is 94.0 Å². The van der Waals surface area contributed by atoms with Gasteiger partial charge in [-0.2, -0.15) is 5.10 Å². The van der Waals surface area contributed by atoms with Crippen LogP contribution in [0.25, 0.3) is 0 Å². The number of carbonyl (C=O) groups is 1. The second-order valence-electron chi connectivity index (χ2n) is 7.32. The average Bonchev–Trinajstić information content (AvgIpc) is 2.78. The van der Waals surface area contributed by atoms with Crippen molar-refractivity contribution in [2.45, 2.75) is 25.7 Å². The van der Waals surface area contributed by atoms with Crippen molar-refractivity contribution in [1.29, 1.82) is 0 Å². The Hall–Kier alpha value is -3.16. The van der Waals surface area contributed by atoms with Crippen LogP contribution in [-0.2, 0) is 14.8 Å². The Morgan fingerprint density at radius 2 is 1.72 bits per heavy atom. The Labute approximate surface area is 193 Å². The van der Waals surface area contributed by atoms with Crippen LogP contribution in [0, 0.1) is 20.8 Å². The van der Waals surface area contributed by atoms with Gasteiger partial charge in [0.15, 0.2) is 0 Å². The minimum atomic E-state index is -4.00. The number of hydrogen-bond acceptors (Lipinski definition) is 4. The number of amides is 1. The highest BCUT2D eigenvalue weighted by Crippen LogP contribution is 2.26. The number of halogens is 1. The second kappa shape index (κ2) is 9.97. The van der Waals surface area contributed by atoms with Crippen molar-refractivity contribution < 1.29 is 13.2 Å². The van der Waals surface area contributed by atoms with E-state index in [2.05, 4.69) is 10.5 Å². The van der Waals surface area contributed by atoms with Crippen LogP contribution in [0.4, 0.5) is 5.69 Å². The summed E-state index contributed by atoms with van der Waals surface area (Å²) in [6.07, 6.45) is 1.55. The molecule has 0 aliphatic heterocycles. The predicted octanol–water partition coefficient (Wildman–Crippen LogP) is 4.61. The molecule has 1 N–H and O–H groups in total. The fourth-order valence-corrected chi connectivity index (χ4v) is 4.74. The van der Waals surface area contributed by atoms with Crippen LogP contribution in [0.5, 0.6) is 0 Å². The largest absolute Gasteiger partial charge is 0.271 e. The van der Waals surface area contributed by atoms with Crippen LogP contribution in [-0.4, -0.2) is 27.1 Å². The van der Waals surface area contributed by atoms with E-state index < -0.39 is 22.5 Å². The number of nitrogens with one attached hydrogen (secondary N) is 1. The van der Waals surface area contributed by atoms with E-state index in [9.17, 15) is 13.2 Å². The lowest BCUT2D eigenvalue weighted by Gasteiger charge is -2.23. The SMILES string of the molecule is Cc1ccc(/C=N\NC(=O)CN(c2cccc(Cl)c2)S(=O)(=O)c2ccccc2)c(C)c1C. The van der Waals surface area contributed by atoms with Gasteiger partial charge in [0.25, 0.3) is 15.9 Å². The molecule has 0 aromatic heterocycles. The van der Waals surface area contributed by atoms with Gasteiger partial charge in [0, 0.05) is 5.02 Å². The van der Waals surface area contributed by atoms with Gasteiger partial charge in [-0.3, -0.25) is 9.10 Å². The van der Waals surface area contributed by atoms with E-state index in [4.69, 9.17) is 11.6 Å². The fraction of sp³-hybridized carbons (Fsp3) is 0.167. The number of hydrazone groups is 1. The number of aryl methyl sites for hydroxylation is 1. The molecule has 0 bridgehead atoms. The third-order valence-corrected chi connectivity index (χ3v) is 7.23. The molecule has 0 aliphatic carbocycles. The van der Waals surface area contributed by atoms with Crippen molar-refractivity contribution in [3.63, 3.8) is 0 Å². The van der Waals surface area contributed by atoms with Crippen LogP contribution in [0.3, 0.4) is 0 Å². The molecule has 8 heteroatoms. The lowest BCUT2D eigenvalue weighted by atomic mass is 10.00. The van der Waals surface area contributed by atoms with E-state index in [1.165, 1.54) is 23.8 Å². The fourth-order valence-electron chi connectivity index (χ4n) is 3.12. The number of sulfonamides is 1. The normalized spacial score (nSPS) is 11.5. The number of carbonyl (C=O) groups excluding carboxylic acids is 1. The number of rotatable bonds is 7. The molecule has 0 radical (unpaired) electrons. The Morgan fingerprint density at radius 3 is 2.41 bits per heavy atom. The molecule has 0 saturated carbocycles. The van der Waals surface area contributed by atoms with E-state index in [-0.39, 0.29) is 10.6 Å². The van der Waals surface area contributed by atoms with Gasteiger partial charge in [-0.15, -0.1) is 0 Å². The monoisotopic (exact) mass is 469 g/mol. The minimum Gasteiger partial charge on any atom is -0.271 e. The minimum absolute atomic E-state index is 0.0713. The van der Waals surface area contributed by atoms with Crippen LogP contribution in [0.2, 0.25) is 5.02 Å². The summed E-state index contributed by atoms with van der Waals surface area (Å²) in [5.74, 6) is -0.581. The Balaban J connectivity index is 1.84. The van der Waals surface area contributed by atoms with Gasteiger partial charge in [-0.1, -0.05) is 48.0 Å². The van der Waals surface area contributed by atoms with Crippen LogP contribution < -0.4 is 9.73 Å². The lowest BCUT2D eigenvalue weighted by molar-refractivity contribution is -0.119. The van der Waals surface area contributed by atoms with Gasteiger partial charge in [0.2, 0.25) is 0 Å². The third-order valence-electron chi connectivity index (χ3n) is 5.21.